The van der Waals surface area contributed by atoms with Gasteiger partial charge in [0.15, 0.2) is 5.76 Å². The molecule has 0 radical (unpaired) electrons. The van der Waals surface area contributed by atoms with Crippen molar-refractivity contribution in [1.29, 1.82) is 0 Å². The van der Waals surface area contributed by atoms with Crippen LogP contribution in [-0.2, 0) is 14.0 Å². The van der Waals surface area contributed by atoms with Crippen molar-refractivity contribution in [1.82, 2.24) is 4.90 Å². The average molecular weight is 525 g/mol. The SMILES string of the molecule is CC[Si](CC)(CC)O/C(=C\C[C@H](C[N+](=O)[O-])c1ccc(C)cc1)C(=O)N1C(=O)OC[C@H]1c1ccccc1. The molecule has 3 rings (SSSR count). The van der Waals surface area contributed by atoms with E-state index >= 15 is 0 Å². The zero-order valence-corrected chi connectivity index (χ0v) is 23.0. The third-order valence-electron chi connectivity index (χ3n) is 7.25. The molecule has 2 amide bonds. The zero-order valence-electron chi connectivity index (χ0n) is 22.0. The first kappa shape index (κ1) is 28.1. The van der Waals surface area contributed by atoms with Crippen molar-refractivity contribution in [3.63, 3.8) is 0 Å². The van der Waals surface area contributed by atoms with Crippen LogP contribution in [0.2, 0.25) is 18.1 Å². The van der Waals surface area contributed by atoms with E-state index in [9.17, 15) is 19.7 Å². The molecule has 2 aromatic carbocycles. The van der Waals surface area contributed by atoms with Gasteiger partial charge in [0.25, 0.3) is 14.2 Å². The number of nitrogens with zero attached hydrogens (tertiary/aromatic N) is 2. The minimum atomic E-state index is -2.31. The van der Waals surface area contributed by atoms with E-state index in [1.165, 1.54) is 0 Å². The molecule has 9 heteroatoms. The van der Waals surface area contributed by atoms with Crippen LogP contribution in [0.15, 0.2) is 66.4 Å². The monoisotopic (exact) mass is 524 g/mol. The number of rotatable bonds is 12. The van der Waals surface area contributed by atoms with Crippen molar-refractivity contribution in [2.45, 2.75) is 64.2 Å². The second-order valence-electron chi connectivity index (χ2n) is 9.45. The number of carbonyl (C=O) groups is 2. The van der Waals surface area contributed by atoms with Crippen molar-refractivity contribution in [3.8, 4) is 0 Å². The Morgan fingerprint density at radius 3 is 2.32 bits per heavy atom. The molecular weight excluding hydrogens is 488 g/mol. The fourth-order valence-corrected chi connectivity index (χ4v) is 7.21. The summed E-state index contributed by atoms with van der Waals surface area (Å²) in [5, 5.41) is 11.5. The summed E-state index contributed by atoms with van der Waals surface area (Å²) in [4.78, 5) is 38.9. The molecule has 0 aromatic heterocycles. The number of imide groups is 1. The first-order valence-electron chi connectivity index (χ1n) is 12.9. The summed E-state index contributed by atoms with van der Waals surface area (Å²) in [5.74, 6) is -0.928. The fourth-order valence-electron chi connectivity index (χ4n) is 4.64. The van der Waals surface area contributed by atoms with Crippen LogP contribution in [0, 0.1) is 17.0 Å². The lowest BCUT2D eigenvalue weighted by atomic mass is 9.94. The van der Waals surface area contributed by atoms with Gasteiger partial charge in [-0.05, 0) is 48.7 Å². The van der Waals surface area contributed by atoms with Crippen LogP contribution in [0.1, 0.15) is 55.8 Å². The van der Waals surface area contributed by atoms with Crippen LogP contribution >= 0.6 is 0 Å². The van der Waals surface area contributed by atoms with Gasteiger partial charge < -0.3 is 9.16 Å². The van der Waals surface area contributed by atoms with E-state index in [4.69, 9.17) is 9.16 Å². The minimum Gasteiger partial charge on any atom is -0.540 e. The molecule has 0 unspecified atom stereocenters. The lowest BCUT2D eigenvalue weighted by Gasteiger charge is -2.31. The van der Waals surface area contributed by atoms with Gasteiger partial charge in [-0.2, -0.15) is 0 Å². The van der Waals surface area contributed by atoms with Crippen LogP contribution in [-0.4, -0.2) is 43.3 Å². The first-order valence-corrected chi connectivity index (χ1v) is 15.4. The van der Waals surface area contributed by atoms with Gasteiger partial charge in [0.1, 0.15) is 12.6 Å². The number of ether oxygens (including phenoxy) is 1. The number of allylic oxidation sites excluding steroid dienone is 1. The highest BCUT2D eigenvalue weighted by molar-refractivity contribution is 6.74. The second-order valence-corrected chi connectivity index (χ2v) is 14.1. The maximum Gasteiger partial charge on any atom is 0.417 e. The van der Waals surface area contributed by atoms with Crippen LogP contribution in [0.3, 0.4) is 0 Å². The minimum absolute atomic E-state index is 0.0626. The predicted molar refractivity (Wildman–Crippen MR) is 144 cm³/mol. The Hall–Kier alpha value is -3.46. The second kappa shape index (κ2) is 12.7. The Balaban J connectivity index is 2.00. The van der Waals surface area contributed by atoms with E-state index in [0.29, 0.717) is 0 Å². The molecule has 0 aliphatic carbocycles. The number of cyclic esters (lactones) is 1. The maximum absolute atomic E-state index is 13.9. The zero-order chi connectivity index (χ0) is 27.0. The number of hydrogen-bond donors (Lipinski definition) is 0. The van der Waals surface area contributed by atoms with Gasteiger partial charge >= 0.3 is 6.09 Å². The Morgan fingerprint density at radius 2 is 1.76 bits per heavy atom. The van der Waals surface area contributed by atoms with Gasteiger partial charge in [-0.1, -0.05) is 80.9 Å². The molecule has 8 nitrogen and oxygen atoms in total. The van der Waals surface area contributed by atoms with Crippen molar-refractivity contribution in [2.24, 2.45) is 0 Å². The van der Waals surface area contributed by atoms with E-state index in [-0.39, 0.29) is 30.3 Å². The van der Waals surface area contributed by atoms with Gasteiger partial charge in [-0.25, -0.2) is 9.69 Å². The van der Waals surface area contributed by atoms with Gasteiger partial charge in [0.2, 0.25) is 6.54 Å². The van der Waals surface area contributed by atoms with Gasteiger partial charge in [0, 0.05) is 4.92 Å². The molecule has 2 atom stereocenters. The molecule has 1 saturated heterocycles. The smallest absolute Gasteiger partial charge is 0.417 e. The van der Waals surface area contributed by atoms with Crippen molar-refractivity contribution in [2.75, 3.05) is 13.2 Å². The molecular formula is C28H36N2O6Si. The highest BCUT2D eigenvalue weighted by Gasteiger charge is 2.42. The molecule has 0 N–H and O–H groups in total. The summed E-state index contributed by atoms with van der Waals surface area (Å²) in [6.07, 6.45) is 1.16. The summed E-state index contributed by atoms with van der Waals surface area (Å²) in [6, 6.07) is 18.7. The topological polar surface area (TPSA) is 99.0 Å². The fraction of sp³-hybridized carbons (Fsp3) is 0.429. The number of nitro groups is 1. The molecule has 0 spiro atoms. The summed E-state index contributed by atoms with van der Waals surface area (Å²) < 4.78 is 11.8. The van der Waals surface area contributed by atoms with Gasteiger partial charge in [-0.3, -0.25) is 14.9 Å². The normalized spacial score (nSPS) is 16.9. The third-order valence-corrected chi connectivity index (χ3v) is 11.8. The third kappa shape index (κ3) is 6.85. The Kier molecular flexibility index (Phi) is 9.63. The molecule has 1 aliphatic rings. The van der Waals surface area contributed by atoms with Gasteiger partial charge in [-0.15, -0.1) is 0 Å². The van der Waals surface area contributed by atoms with Crippen LogP contribution in [0.5, 0.6) is 0 Å². The highest BCUT2D eigenvalue weighted by atomic mass is 28.4. The molecule has 37 heavy (non-hydrogen) atoms. The van der Waals surface area contributed by atoms with Crippen molar-refractivity contribution >= 4 is 20.3 Å². The van der Waals surface area contributed by atoms with Crippen molar-refractivity contribution in [3.05, 3.63) is 93.2 Å². The molecule has 0 saturated carbocycles. The summed E-state index contributed by atoms with van der Waals surface area (Å²) in [6.45, 7) is 7.91. The number of carbonyl (C=O) groups excluding carboxylic acids is 2. The number of hydrogen-bond acceptors (Lipinski definition) is 6. The lowest BCUT2D eigenvalue weighted by Crippen LogP contribution is -2.41. The summed E-state index contributed by atoms with van der Waals surface area (Å²) in [7, 11) is -2.31. The van der Waals surface area contributed by atoms with E-state index in [1.807, 2.05) is 61.5 Å². The van der Waals surface area contributed by atoms with E-state index in [2.05, 4.69) is 20.8 Å². The van der Waals surface area contributed by atoms with Crippen molar-refractivity contribution < 1.29 is 23.7 Å². The number of aryl methyl sites for hydroxylation is 1. The number of amides is 2. The van der Waals surface area contributed by atoms with Crippen LogP contribution in [0.4, 0.5) is 4.79 Å². The summed E-state index contributed by atoms with van der Waals surface area (Å²) in [5.41, 5.74) is 2.66. The van der Waals surface area contributed by atoms with E-state index in [0.717, 1.165) is 39.7 Å². The lowest BCUT2D eigenvalue weighted by molar-refractivity contribution is -0.483. The van der Waals surface area contributed by atoms with E-state index in [1.54, 1.807) is 6.08 Å². The molecule has 1 heterocycles. The molecule has 2 aromatic rings. The Labute approximate surface area is 219 Å². The Morgan fingerprint density at radius 1 is 1.14 bits per heavy atom. The number of benzene rings is 2. The largest absolute Gasteiger partial charge is 0.540 e. The van der Waals surface area contributed by atoms with E-state index < -0.39 is 32.3 Å². The Bertz CT molecular complexity index is 1110. The molecule has 1 aliphatic heterocycles. The maximum atomic E-state index is 13.9. The standard InChI is InChI=1S/C28H36N2O6Si/c1-5-37(6-2,7-3)36-26(18-17-24(19-29(33)34)22-15-13-21(4)14-16-22)27(31)30-25(20-35-28(30)32)23-11-9-8-10-12-23/h8-16,18,24-25H,5-7,17,19-20H2,1-4H3/b26-18-/t24-,25+/m1/s1. The average Bonchev–Trinajstić information content (AvgIpc) is 3.30. The van der Waals surface area contributed by atoms with Crippen LogP contribution in [0.25, 0.3) is 0 Å². The van der Waals surface area contributed by atoms with Crippen LogP contribution < -0.4 is 0 Å². The first-order chi connectivity index (χ1) is 17.7. The summed E-state index contributed by atoms with van der Waals surface area (Å²) >= 11 is 0. The highest BCUT2D eigenvalue weighted by Crippen LogP contribution is 2.33. The molecule has 198 valence electrons. The predicted octanol–water partition coefficient (Wildman–Crippen LogP) is 6.37. The molecule has 1 fully saturated rings. The quantitative estimate of drug-likeness (QED) is 0.105. The van der Waals surface area contributed by atoms with Gasteiger partial charge in [0.05, 0.1) is 5.92 Å². The molecule has 0 bridgehead atoms.